The van der Waals surface area contributed by atoms with Gasteiger partial charge in [-0.05, 0) is 53.8 Å². The SMILES string of the molecule is O=C1c2c(OCc3ccccc3)c(=O)c(I)c3n2C(CC3)C2OCCCCN12. The first-order valence-corrected chi connectivity index (χ1v) is 10.8. The summed E-state index contributed by atoms with van der Waals surface area (Å²) in [5, 5.41) is 0. The van der Waals surface area contributed by atoms with Crippen molar-refractivity contribution < 1.29 is 14.3 Å². The summed E-state index contributed by atoms with van der Waals surface area (Å²) in [5.41, 5.74) is 2.13. The van der Waals surface area contributed by atoms with Crippen molar-refractivity contribution >= 4 is 28.5 Å². The van der Waals surface area contributed by atoms with Gasteiger partial charge in [-0.3, -0.25) is 9.59 Å². The van der Waals surface area contributed by atoms with Crippen molar-refractivity contribution in [3.8, 4) is 5.75 Å². The number of aromatic nitrogens is 1. The van der Waals surface area contributed by atoms with Crippen LogP contribution in [0, 0.1) is 3.57 Å². The van der Waals surface area contributed by atoms with Gasteiger partial charge in [-0.2, -0.15) is 0 Å². The molecule has 0 N–H and O–H groups in total. The maximum absolute atomic E-state index is 13.4. The Hall–Kier alpha value is -1.87. The number of halogens is 1. The number of hydrogen-bond acceptors (Lipinski definition) is 4. The lowest BCUT2D eigenvalue weighted by Crippen LogP contribution is -2.52. The number of amides is 1. The molecular weight excluding hydrogens is 471 g/mol. The maximum atomic E-state index is 13.4. The first-order valence-electron chi connectivity index (χ1n) is 9.73. The minimum absolute atomic E-state index is 0.0500. The molecule has 1 aromatic heterocycles. The molecule has 28 heavy (non-hydrogen) atoms. The first kappa shape index (κ1) is 18.2. The van der Waals surface area contributed by atoms with Crippen LogP contribution in [0.5, 0.6) is 5.75 Å². The highest BCUT2D eigenvalue weighted by Crippen LogP contribution is 2.42. The molecule has 1 aromatic carbocycles. The third kappa shape index (κ3) is 2.78. The van der Waals surface area contributed by atoms with Gasteiger partial charge in [0.15, 0.2) is 17.7 Å². The van der Waals surface area contributed by atoms with Crippen LogP contribution < -0.4 is 10.2 Å². The predicted octanol–water partition coefficient (Wildman–Crippen LogP) is 3.11. The van der Waals surface area contributed by atoms with Crippen molar-refractivity contribution in [2.45, 2.75) is 44.6 Å². The van der Waals surface area contributed by atoms with Crippen molar-refractivity contribution in [1.82, 2.24) is 9.47 Å². The van der Waals surface area contributed by atoms with E-state index in [0.717, 1.165) is 36.9 Å². The highest BCUT2D eigenvalue weighted by atomic mass is 127. The molecule has 0 spiro atoms. The van der Waals surface area contributed by atoms with E-state index in [9.17, 15) is 9.59 Å². The van der Waals surface area contributed by atoms with Crippen molar-refractivity contribution in [2.75, 3.05) is 13.2 Å². The number of carbonyl (C=O) groups excluding carboxylic acids is 1. The molecule has 3 aliphatic rings. The van der Waals surface area contributed by atoms with Gasteiger partial charge >= 0.3 is 0 Å². The molecule has 2 atom stereocenters. The Kier molecular flexibility index (Phi) is 4.66. The van der Waals surface area contributed by atoms with Crippen LogP contribution in [0.25, 0.3) is 0 Å². The standard InChI is InChI=1S/C21H21IN2O4/c22-16-14-8-9-15-21-23(10-4-5-11-27-21)20(26)17(24(14)15)19(18(16)25)28-12-13-6-2-1-3-7-13/h1-3,6-7,15,21H,4-5,8-12H2. The monoisotopic (exact) mass is 492 g/mol. The topological polar surface area (TPSA) is 60.8 Å². The molecule has 1 fully saturated rings. The summed E-state index contributed by atoms with van der Waals surface area (Å²) in [6, 6.07) is 9.75. The smallest absolute Gasteiger partial charge is 0.276 e. The van der Waals surface area contributed by atoms with E-state index in [-0.39, 0.29) is 36.0 Å². The normalized spacial score (nSPS) is 23.2. The molecule has 146 valence electrons. The molecule has 7 heteroatoms. The van der Waals surface area contributed by atoms with E-state index in [4.69, 9.17) is 9.47 Å². The average molecular weight is 492 g/mol. The first-order chi connectivity index (χ1) is 13.7. The second kappa shape index (κ2) is 7.18. The van der Waals surface area contributed by atoms with Gasteiger partial charge in [-0.15, -0.1) is 0 Å². The van der Waals surface area contributed by atoms with Crippen LogP contribution in [0.3, 0.4) is 0 Å². The zero-order valence-electron chi connectivity index (χ0n) is 15.4. The van der Waals surface area contributed by atoms with Crippen molar-refractivity contribution in [2.24, 2.45) is 0 Å². The van der Waals surface area contributed by atoms with Crippen LogP contribution >= 0.6 is 22.6 Å². The van der Waals surface area contributed by atoms with Crippen LogP contribution in [-0.4, -0.2) is 34.8 Å². The lowest BCUT2D eigenvalue weighted by molar-refractivity contribution is -0.0685. The number of carbonyl (C=O) groups is 1. The number of rotatable bonds is 3. The Labute approximate surface area is 176 Å². The average Bonchev–Trinajstić information content (AvgIpc) is 2.99. The van der Waals surface area contributed by atoms with Gasteiger partial charge in [-0.1, -0.05) is 30.3 Å². The van der Waals surface area contributed by atoms with Crippen LogP contribution in [0.1, 0.15) is 47.1 Å². The summed E-state index contributed by atoms with van der Waals surface area (Å²) < 4.78 is 14.8. The maximum Gasteiger partial charge on any atom is 0.276 e. The molecule has 0 bridgehead atoms. The molecular formula is C21H21IN2O4. The zero-order chi connectivity index (χ0) is 19.3. The molecule has 0 aliphatic carbocycles. The summed E-state index contributed by atoms with van der Waals surface area (Å²) in [5.74, 6) is 0.0273. The van der Waals surface area contributed by atoms with Gasteiger partial charge < -0.3 is 18.9 Å². The van der Waals surface area contributed by atoms with E-state index < -0.39 is 0 Å². The fourth-order valence-electron chi connectivity index (χ4n) is 4.51. The van der Waals surface area contributed by atoms with E-state index in [1.54, 1.807) is 0 Å². The largest absolute Gasteiger partial charge is 0.483 e. The number of hydrogen-bond donors (Lipinski definition) is 0. The summed E-state index contributed by atoms with van der Waals surface area (Å²) >= 11 is 2.10. The second-order valence-electron chi connectivity index (χ2n) is 7.48. The Balaban J connectivity index is 1.62. The van der Waals surface area contributed by atoms with Crippen LogP contribution in [0.15, 0.2) is 35.1 Å². The highest BCUT2D eigenvalue weighted by Gasteiger charge is 2.47. The van der Waals surface area contributed by atoms with Gasteiger partial charge in [0, 0.05) is 18.8 Å². The fourth-order valence-corrected chi connectivity index (χ4v) is 5.28. The lowest BCUT2D eigenvalue weighted by atomic mass is 10.1. The molecule has 1 saturated heterocycles. The number of pyridine rings is 1. The highest BCUT2D eigenvalue weighted by molar-refractivity contribution is 14.1. The summed E-state index contributed by atoms with van der Waals surface area (Å²) in [6.45, 7) is 1.59. The van der Waals surface area contributed by atoms with Gasteiger partial charge in [0.25, 0.3) is 5.91 Å². The molecule has 2 unspecified atom stereocenters. The number of fused-ring (bicyclic) bond motifs is 2. The van der Waals surface area contributed by atoms with Gasteiger partial charge in [0.05, 0.1) is 9.61 Å². The van der Waals surface area contributed by atoms with Crippen molar-refractivity contribution in [1.29, 1.82) is 0 Å². The van der Waals surface area contributed by atoms with Gasteiger partial charge in [0.2, 0.25) is 5.43 Å². The molecule has 6 nitrogen and oxygen atoms in total. The van der Waals surface area contributed by atoms with Crippen molar-refractivity contribution in [3.63, 3.8) is 0 Å². The second-order valence-corrected chi connectivity index (χ2v) is 8.56. The Bertz CT molecular complexity index is 988. The minimum Gasteiger partial charge on any atom is -0.483 e. The molecule has 0 radical (unpaired) electrons. The summed E-state index contributed by atoms with van der Waals surface area (Å²) in [7, 11) is 0. The zero-order valence-corrected chi connectivity index (χ0v) is 17.6. The third-order valence-electron chi connectivity index (χ3n) is 5.82. The minimum atomic E-state index is -0.246. The number of benzene rings is 1. The van der Waals surface area contributed by atoms with E-state index in [1.165, 1.54) is 0 Å². The molecule has 4 heterocycles. The summed E-state index contributed by atoms with van der Waals surface area (Å²) in [4.78, 5) is 28.3. The molecule has 2 aromatic rings. The summed E-state index contributed by atoms with van der Waals surface area (Å²) in [6.07, 6.45) is 3.27. The van der Waals surface area contributed by atoms with E-state index >= 15 is 0 Å². The molecule has 3 aliphatic heterocycles. The predicted molar refractivity (Wildman–Crippen MR) is 112 cm³/mol. The van der Waals surface area contributed by atoms with E-state index in [0.29, 0.717) is 22.4 Å². The molecule has 0 saturated carbocycles. The number of ether oxygens (including phenoxy) is 2. The van der Waals surface area contributed by atoms with Crippen molar-refractivity contribution in [3.05, 3.63) is 61.1 Å². The van der Waals surface area contributed by atoms with Gasteiger partial charge in [0.1, 0.15) is 6.61 Å². The Morgan fingerprint density at radius 1 is 1.18 bits per heavy atom. The quantitative estimate of drug-likeness (QED) is 0.619. The van der Waals surface area contributed by atoms with Crippen LogP contribution in [0.2, 0.25) is 0 Å². The molecule has 5 rings (SSSR count). The lowest BCUT2D eigenvalue weighted by Gasteiger charge is -2.40. The third-order valence-corrected chi connectivity index (χ3v) is 6.93. The Morgan fingerprint density at radius 2 is 2.00 bits per heavy atom. The van der Waals surface area contributed by atoms with Crippen LogP contribution in [-0.2, 0) is 17.8 Å². The Morgan fingerprint density at radius 3 is 2.82 bits per heavy atom. The van der Waals surface area contributed by atoms with E-state index in [2.05, 4.69) is 22.6 Å². The fraction of sp³-hybridized carbons (Fsp3) is 0.429. The van der Waals surface area contributed by atoms with Gasteiger partial charge in [-0.25, -0.2) is 0 Å². The van der Waals surface area contributed by atoms with E-state index in [1.807, 2.05) is 39.8 Å². The number of nitrogens with zero attached hydrogens (tertiary/aromatic N) is 2. The van der Waals surface area contributed by atoms with Crippen LogP contribution in [0.4, 0.5) is 0 Å². The molecule has 1 amide bonds.